The van der Waals surface area contributed by atoms with Gasteiger partial charge in [-0.05, 0) is 56.2 Å². The molecule has 1 fully saturated rings. The lowest BCUT2D eigenvalue weighted by Crippen LogP contribution is -2.47. The van der Waals surface area contributed by atoms with Gasteiger partial charge in [-0.15, -0.1) is 11.3 Å². The summed E-state index contributed by atoms with van der Waals surface area (Å²) in [6, 6.07) is 14.9. The van der Waals surface area contributed by atoms with E-state index in [0.717, 1.165) is 35.5 Å². The fourth-order valence-corrected chi connectivity index (χ4v) is 5.94. The molecule has 0 saturated carbocycles. The third kappa shape index (κ3) is 6.00. The second kappa shape index (κ2) is 12.4. The van der Waals surface area contributed by atoms with Gasteiger partial charge < -0.3 is 15.0 Å². The summed E-state index contributed by atoms with van der Waals surface area (Å²) < 4.78 is 7.22. The number of amides is 1. The number of aryl methyl sites for hydroxylation is 1. The van der Waals surface area contributed by atoms with Gasteiger partial charge >= 0.3 is 0 Å². The number of ether oxygens (including phenoxy) is 1. The largest absolute Gasteiger partial charge is 0.497 e. The first kappa shape index (κ1) is 28.8. The fourth-order valence-electron chi connectivity index (χ4n) is 4.98. The molecular weight excluding hydrogens is 556 g/mol. The number of hydrogen-bond acceptors (Lipinski definition) is 6. The topological polar surface area (TPSA) is 76.5 Å². The van der Waals surface area contributed by atoms with E-state index >= 15 is 0 Å². The van der Waals surface area contributed by atoms with Gasteiger partial charge in [-0.25, -0.2) is 4.98 Å². The van der Waals surface area contributed by atoms with Crippen LogP contribution >= 0.6 is 22.9 Å². The van der Waals surface area contributed by atoms with Crippen molar-refractivity contribution in [2.24, 2.45) is 0 Å². The van der Waals surface area contributed by atoms with Crippen molar-refractivity contribution in [3.8, 4) is 33.3 Å². The van der Waals surface area contributed by atoms with Gasteiger partial charge in [0.2, 0.25) is 0 Å². The molecule has 212 valence electrons. The van der Waals surface area contributed by atoms with E-state index in [1.807, 2.05) is 79.6 Å². The highest BCUT2D eigenvalue weighted by molar-refractivity contribution is 7.13. The van der Waals surface area contributed by atoms with Crippen LogP contribution in [0.4, 0.5) is 0 Å². The number of piperazine rings is 1. The number of methoxy groups -OCH3 is 1. The van der Waals surface area contributed by atoms with E-state index in [4.69, 9.17) is 21.3 Å². The summed E-state index contributed by atoms with van der Waals surface area (Å²) in [6.07, 6.45) is 2.61. The zero-order chi connectivity index (χ0) is 29.1. The van der Waals surface area contributed by atoms with Gasteiger partial charge in [-0.1, -0.05) is 42.3 Å². The highest BCUT2D eigenvalue weighted by atomic mass is 35.5. The molecule has 0 radical (unpaired) electrons. The van der Waals surface area contributed by atoms with Crippen LogP contribution in [0.1, 0.15) is 42.4 Å². The van der Waals surface area contributed by atoms with Crippen LogP contribution in [0.3, 0.4) is 0 Å². The molecule has 0 bridgehead atoms. The number of carbonyl (C=O) groups is 1. The predicted octanol–water partition coefficient (Wildman–Crippen LogP) is 6.32. The standard InChI is InChI=1S/C32H33ClN4O3S/c1-5-21-8-11-24(40-4)17-28(21)37-29(16-20(2)3)25(31(38)36-14-12-34-13-15-36)18-26(32(37)39)30-35-27(19-41-30)22-6-9-23(33)10-7-22/h6-11,16-19,34H,5,12-15H2,1-4H3. The van der Waals surface area contributed by atoms with Gasteiger partial charge in [0.1, 0.15) is 10.8 Å². The minimum atomic E-state index is -0.241. The molecule has 0 spiro atoms. The van der Waals surface area contributed by atoms with E-state index < -0.39 is 0 Å². The Morgan fingerprint density at radius 2 is 1.85 bits per heavy atom. The lowest BCUT2D eigenvalue weighted by atomic mass is 10.0. The van der Waals surface area contributed by atoms with Crippen molar-refractivity contribution in [2.75, 3.05) is 33.3 Å². The third-order valence-corrected chi connectivity index (χ3v) is 8.22. The SMILES string of the molecule is CCc1ccc(OC)cc1-n1c(C=C(C)C)c(C(=O)N2CCNCC2)cc(-c2nc(-c3ccc(Cl)cc3)cs2)c1=O. The lowest BCUT2D eigenvalue weighted by Gasteiger charge is -2.29. The summed E-state index contributed by atoms with van der Waals surface area (Å²) >= 11 is 7.47. The number of nitrogens with zero attached hydrogens (tertiary/aromatic N) is 3. The Morgan fingerprint density at radius 3 is 2.51 bits per heavy atom. The summed E-state index contributed by atoms with van der Waals surface area (Å²) in [5, 5.41) is 6.42. The van der Waals surface area contributed by atoms with Crippen LogP contribution in [-0.2, 0) is 6.42 Å². The van der Waals surface area contributed by atoms with E-state index in [1.165, 1.54) is 11.3 Å². The molecule has 3 heterocycles. The maximum Gasteiger partial charge on any atom is 0.265 e. The molecule has 2 aromatic carbocycles. The summed E-state index contributed by atoms with van der Waals surface area (Å²) in [5.41, 5.74) is 5.43. The van der Waals surface area contributed by atoms with Crippen LogP contribution in [0.15, 0.2) is 64.3 Å². The maximum atomic E-state index is 14.5. The van der Waals surface area contributed by atoms with Crippen molar-refractivity contribution >= 4 is 34.9 Å². The van der Waals surface area contributed by atoms with Crippen molar-refractivity contribution in [2.45, 2.75) is 27.2 Å². The third-order valence-electron chi connectivity index (χ3n) is 7.09. The second-order valence-corrected chi connectivity index (χ2v) is 11.4. The van der Waals surface area contributed by atoms with E-state index in [1.54, 1.807) is 17.7 Å². The smallest absolute Gasteiger partial charge is 0.265 e. The minimum absolute atomic E-state index is 0.107. The number of aromatic nitrogens is 2. The number of nitrogens with one attached hydrogen (secondary N) is 1. The number of rotatable bonds is 7. The van der Waals surface area contributed by atoms with Crippen LogP contribution < -0.4 is 15.6 Å². The molecule has 2 aromatic heterocycles. The quantitative estimate of drug-likeness (QED) is 0.273. The lowest BCUT2D eigenvalue weighted by molar-refractivity contribution is 0.0735. The molecule has 1 amide bonds. The Morgan fingerprint density at radius 1 is 1.12 bits per heavy atom. The molecule has 0 unspecified atom stereocenters. The molecule has 7 nitrogen and oxygen atoms in total. The van der Waals surface area contributed by atoms with Crippen LogP contribution in [0, 0.1) is 0 Å². The normalized spacial score (nSPS) is 13.2. The molecule has 5 rings (SSSR count). The van der Waals surface area contributed by atoms with Gasteiger partial charge in [-0.3, -0.25) is 14.2 Å². The van der Waals surface area contributed by atoms with Crippen LogP contribution in [0.25, 0.3) is 33.6 Å². The van der Waals surface area contributed by atoms with Crippen molar-refractivity contribution in [3.05, 3.63) is 91.7 Å². The number of pyridine rings is 1. The molecule has 1 saturated heterocycles. The van der Waals surface area contributed by atoms with Crippen molar-refractivity contribution in [1.82, 2.24) is 19.8 Å². The van der Waals surface area contributed by atoms with Crippen molar-refractivity contribution < 1.29 is 9.53 Å². The summed E-state index contributed by atoms with van der Waals surface area (Å²) in [6.45, 7) is 8.62. The Kier molecular flexibility index (Phi) is 8.73. The molecule has 4 aromatic rings. The Labute approximate surface area is 249 Å². The zero-order valence-corrected chi connectivity index (χ0v) is 25.2. The van der Waals surface area contributed by atoms with E-state index in [-0.39, 0.29) is 11.5 Å². The van der Waals surface area contributed by atoms with E-state index in [0.29, 0.717) is 57.8 Å². The van der Waals surface area contributed by atoms with Gasteiger partial charge in [0.15, 0.2) is 0 Å². The first-order valence-corrected chi connectivity index (χ1v) is 14.9. The first-order valence-electron chi connectivity index (χ1n) is 13.6. The Bertz CT molecular complexity index is 1660. The van der Waals surface area contributed by atoms with Gasteiger partial charge in [0.05, 0.1) is 35.3 Å². The van der Waals surface area contributed by atoms with E-state index in [9.17, 15) is 9.59 Å². The van der Waals surface area contributed by atoms with Gasteiger partial charge in [-0.2, -0.15) is 0 Å². The predicted molar refractivity (Wildman–Crippen MR) is 168 cm³/mol. The Balaban J connectivity index is 1.80. The number of allylic oxidation sites excluding steroid dienone is 1. The minimum Gasteiger partial charge on any atom is -0.497 e. The molecule has 1 aliphatic rings. The summed E-state index contributed by atoms with van der Waals surface area (Å²) in [4.78, 5) is 35.3. The Hall–Kier alpha value is -3.72. The van der Waals surface area contributed by atoms with Crippen molar-refractivity contribution in [1.29, 1.82) is 0 Å². The molecule has 0 aliphatic carbocycles. The zero-order valence-electron chi connectivity index (χ0n) is 23.7. The molecule has 1 N–H and O–H groups in total. The molecule has 41 heavy (non-hydrogen) atoms. The number of thiazole rings is 1. The van der Waals surface area contributed by atoms with Crippen LogP contribution in [0.5, 0.6) is 5.75 Å². The maximum absolute atomic E-state index is 14.5. The number of hydrogen-bond donors (Lipinski definition) is 1. The van der Waals surface area contributed by atoms with Gasteiger partial charge in [0, 0.05) is 48.2 Å². The number of halogens is 1. The monoisotopic (exact) mass is 588 g/mol. The first-order chi connectivity index (χ1) is 19.8. The number of benzene rings is 2. The second-order valence-electron chi connectivity index (χ2n) is 10.2. The average Bonchev–Trinajstić information content (AvgIpc) is 3.47. The summed E-state index contributed by atoms with van der Waals surface area (Å²) in [5.74, 6) is 0.524. The highest BCUT2D eigenvalue weighted by Crippen LogP contribution is 2.32. The molecule has 1 aliphatic heterocycles. The van der Waals surface area contributed by atoms with Crippen LogP contribution in [-0.4, -0.2) is 53.6 Å². The fraction of sp³-hybridized carbons (Fsp3) is 0.281. The highest BCUT2D eigenvalue weighted by Gasteiger charge is 2.27. The van der Waals surface area contributed by atoms with Crippen LogP contribution in [0.2, 0.25) is 5.02 Å². The van der Waals surface area contributed by atoms with Gasteiger partial charge in [0.25, 0.3) is 11.5 Å². The van der Waals surface area contributed by atoms with Crippen molar-refractivity contribution in [3.63, 3.8) is 0 Å². The molecule has 0 atom stereocenters. The number of carbonyl (C=O) groups excluding carboxylic acids is 1. The van der Waals surface area contributed by atoms with E-state index in [2.05, 4.69) is 5.32 Å². The summed E-state index contributed by atoms with van der Waals surface area (Å²) in [7, 11) is 1.61. The molecular formula is C32H33ClN4O3S. The average molecular weight is 589 g/mol. The molecule has 9 heteroatoms.